The summed E-state index contributed by atoms with van der Waals surface area (Å²) >= 11 is 0. The number of nitrogens with zero attached hydrogens (tertiary/aromatic N) is 8. The molecule has 0 aromatic carbocycles. The highest BCUT2D eigenvalue weighted by Crippen LogP contribution is 2.35. The van der Waals surface area contributed by atoms with E-state index in [-0.39, 0.29) is 0 Å². The van der Waals surface area contributed by atoms with E-state index in [4.69, 9.17) is 20.4 Å². The van der Waals surface area contributed by atoms with Gasteiger partial charge in [-0.1, -0.05) is 36.4 Å². The molecule has 0 unspecified atom stereocenters. The van der Waals surface area contributed by atoms with Gasteiger partial charge in [-0.15, -0.1) is 20.4 Å². The minimum atomic E-state index is 0.709. The number of pyridine rings is 4. The second-order valence-corrected chi connectivity index (χ2v) is 10.6. The lowest BCUT2D eigenvalue weighted by atomic mass is 9.88. The lowest BCUT2D eigenvalue weighted by molar-refractivity contribution is 0.830. The molecule has 0 aliphatic heterocycles. The van der Waals surface area contributed by atoms with Crippen molar-refractivity contribution in [2.75, 3.05) is 0 Å². The number of rotatable bonds is 4. The van der Waals surface area contributed by atoms with Gasteiger partial charge in [0.1, 0.15) is 22.8 Å². The van der Waals surface area contributed by atoms with E-state index in [1.807, 2.05) is 72.8 Å². The summed E-state index contributed by atoms with van der Waals surface area (Å²) in [7, 11) is 0. The van der Waals surface area contributed by atoms with E-state index >= 15 is 0 Å². The first-order valence-corrected chi connectivity index (χ1v) is 14.9. The number of allylic oxidation sites excluding steroid dienone is 2. The van der Waals surface area contributed by atoms with Crippen LogP contribution in [0.1, 0.15) is 35.1 Å². The quantitative estimate of drug-likeness (QED) is 0.213. The highest BCUT2D eigenvalue weighted by molar-refractivity contribution is 5.70. The minimum Gasteiger partial charge on any atom is -0.255 e. The van der Waals surface area contributed by atoms with E-state index in [9.17, 15) is 0 Å². The Labute approximate surface area is 256 Å². The van der Waals surface area contributed by atoms with Crippen molar-refractivity contribution >= 4 is 0 Å². The molecule has 8 heteroatoms. The average molecular weight is 575 g/mol. The fraction of sp³-hybridized carbons (Fsp3) is 0.167. The normalized spacial score (nSPS) is 14.0. The number of fused-ring (bicyclic) bond motifs is 2. The molecule has 0 radical (unpaired) electrons. The van der Waals surface area contributed by atoms with Gasteiger partial charge in [-0.3, -0.25) is 19.9 Å². The van der Waals surface area contributed by atoms with E-state index in [1.54, 1.807) is 24.8 Å². The molecule has 8 nitrogen and oxygen atoms in total. The zero-order valence-corrected chi connectivity index (χ0v) is 24.2. The Balaban J connectivity index is 1.45. The Hall–Kier alpha value is -5.50. The van der Waals surface area contributed by atoms with Crippen LogP contribution in [-0.2, 0) is 25.7 Å². The summed E-state index contributed by atoms with van der Waals surface area (Å²) in [6.45, 7) is 0. The van der Waals surface area contributed by atoms with Crippen LogP contribution in [0.2, 0.25) is 0 Å². The lowest BCUT2D eigenvalue weighted by Gasteiger charge is -2.20. The van der Waals surface area contributed by atoms with Crippen LogP contribution in [-0.4, -0.2) is 40.3 Å². The molecular weight excluding hydrogens is 544 g/mol. The topological polar surface area (TPSA) is 103 Å². The Bertz CT molecular complexity index is 1750. The first-order chi connectivity index (χ1) is 21.9. The first-order valence-electron chi connectivity index (χ1n) is 14.9. The van der Waals surface area contributed by atoms with E-state index in [0.29, 0.717) is 12.8 Å². The zero-order chi connectivity index (χ0) is 29.6. The summed E-state index contributed by atoms with van der Waals surface area (Å²) in [5.41, 5.74) is 11.0. The molecule has 0 amide bonds. The van der Waals surface area contributed by atoms with Crippen LogP contribution in [0.15, 0.2) is 110 Å². The SMILES string of the molecule is C1=C\CCc2c(-c3ccccn3)nnc(-c3ccccn3)c2CCc2c(-c3ccccn3)nnc(-c3ccccn3)c2CC/1. The molecule has 6 heterocycles. The van der Waals surface area contributed by atoms with Crippen molar-refractivity contribution in [1.82, 2.24) is 40.3 Å². The summed E-state index contributed by atoms with van der Waals surface area (Å²) in [4.78, 5) is 18.7. The molecule has 7 rings (SSSR count). The molecule has 0 N–H and O–H groups in total. The minimum absolute atomic E-state index is 0.709. The molecule has 0 saturated heterocycles. The number of hydrogen-bond acceptors (Lipinski definition) is 8. The predicted octanol–water partition coefficient (Wildman–Crippen LogP) is 6.73. The van der Waals surface area contributed by atoms with Gasteiger partial charge in [0.25, 0.3) is 0 Å². The van der Waals surface area contributed by atoms with Crippen LogP contribution in [0, 0.1) is 0 Å². The number of hydrogen-bond donors (Lipinski definition) is 0. The van der Waals surface area contributed by atoms with Gasteiger partial charge in [0, 0.05) is 24.8 Å². The van der Waals surface area contributed by atoms with Crippen molar-refractivity contribution in [2.45, 2.75) is 38.5 Å². The van der Waals surface area contributed by atoms with E-state index in [2.05, 4.69) is 32.1 Å². The molecule has 1 aliphatic rings. The summed E-state index contributed by atoms with van der Waals surface area (Å²) in [5.74, 6) is 0. The van der Waals surface area contributed by atoms with Crippen molar-refractivity contribution in [1.29, 1.82) is 0 Å². The van der Waals surface area contributed by atoms with Crippen molar-refractivity contribution in [3.05, 3.63) is 132 Å². The summed E-state index contributed by atoms with van der Waals surface area (Å²) in [6, 6.07) is 23.6. The maximum Gasteiger partial charge on any atom is 0.115 e. The molecule has 0 spiro atoms. The molecule has 214 valence electrons. The molecule has 6 aromatic rings. The standard InChI is InChI=1S/C36H30N8/c1-2-4-14-26-28(36(32-18-8-12-24-40-32)44-42-34(26)30-16-6-10-22-38-30)20-19-27-25(13-3-1)33(29-15-5-9-21-37-29)41-43-35(27)31-17-7-11-23-39-31/h1-2,5-12,15-18,21-24H,3-4,13-14,19-20H2/b2-1-. The van der Waals surface area contributed by atoms with E-state index in [0.717, 1.165) is 93.5 Å². The maximum atomic E-state index is 4.79. The molecule has 0 saturated carbocycles. The Morgan fingerprint density at radius 2 is 0.636 bits per heavy atom. The molecule has 0 atom stereocenters. The largest absolute Gasteiger partial charge is 0.255 e. The number of aromatic nitrogens is 8. The van der Waals surface area contributed by atoms with Gasteiger partial charge in [-0.05, 0) is 109 Å². The zero-order valence-electron chi connectivity index (χ0n) is 24.2. The fourth-order valence-electron chi connectivity index (χ4n) is 5.87. The molecule has 6 aromatic heterocycles. The van der Waals surface area contributed by atoms with Gasteiger partial charge in [0.05, 0.1) is 22.8 Å². The van der Waals surface area contributed by atoms with Gasteiger partial charge in [-0.2, -0.15) is 0 Å². The van der Waals surface area contributed by atoms with Crippen LogP contribution in [0.5, 0.6) is 0 Å². The Morgan fingerprint density at radius 3 is 0.909 bits per heavy atom. The Morgan fingerprint density at radius 1 is 0.341 bits per heavy atom. The van der Waals surface area contributed by atoms with Gasteiger partial charge in [-0.25, -0.2) is 0 Å². The van der Waals surface area contributed by atoms with Crippen LogP contribution < -0.4 is 0 Å². The van der Waals surface area contributed by atoms with Crippen LogP contribution in [0.4, 0.5) is 0 Å². The second kappa shape index (κ2) is 12.8. The maximum absolute atomic E-state index is 4.79. The molecule has 0 bridgehead atoms. The summed E-state index contributed by atoms with van der Waals surface area (Å²) in [6.07, 6.45) is 16.6. The lowest BCUT2D eigenvalue weighted by Crippen LogP contribution is -2.12. The summed E-state index contributed by atoms with van der Waals surface area (Å²) < 4.78 is 0. The van der Waals surface area contributed by atoms with Gasteiger partial charge in [0.15, 0.2) is 0 Å². The third-order valence-corrected chi connectivity index (χ3v) is 7.92. The van der Waals surface area contributed by atoms with Crippen molar-refractivity contribution in [2.24, 2.45) is 0 Å². The Kier molecular flexibility index (Phi) is 7.95. The van der Waals surface area contributed by atoms with Crippen LogP contribution >= 0.6 is 0 Å². The van der Waals surface area contributed by atoms with Crippen LogP contribution in [0.3, 0.4) is 0 Å². The van der Waals surface area contributed by atoms with Gasteiger partial charge >= 0.3 is 0 Å². The van der Waals surface area contributed by atoms with Crippen molar-refractivity contribution in [3.8, 4) is 45.6 Å². The second-order valence-electron chi connectivity index (χ2n) is 10.6. The van der Waals surface area contributed by atoms with Gasteiger partial charge < -0.3 is 0 Å². The van der Waals surface area contributed by atoms with Gasteiger partial charge in [0.2, 0.25) is 0 Å². The molecular formula is C36H30N8. The fourth-order valence-corrected chi connectivity index (χ4v) is 5.87. The smallest absolute Gasteiger partial charge is 0.115 e. The summed E-state index contributed by atoms with van der Waals surface area (Å²) in [5, 5.41) is 19.1. The highest BCUT2D eigenvalue weighted by atomic mass is 15.1. The third kappa shape index (κ3) is 5.62. The van der Waals surface area contributed by atoms with Crippen molar-refractivity contribution < 1.29 is 0 Å². The molecule has 44 heavy (non-hydrogen) atoms. The monoisotopic (exact) mass is 574 g/mol. The predicted molar refractivity (Wildman–Crippen MR) is 170 cm³/mol. The highest BCUT2D eigenvalue weighted by Gasteiger charge is 2.24. The van der Waals surface area contributed by atoms with E-state index < -0.39 is 0 Å². The molecule has 0 fully saturated rings. The average Bonchev–Trinajstić information content (AvgIpc) is 3.09. The van der Waals surface area contributed by atoms with Crippen LogP contribution in [0.25, 0.3) is 45.6 Å². The van der Waals surface area contributed by atoms with Crippen molar-refractivity contribution in [3.63, 3.8) is 0 Å². The third-order valence-electron chi connectivity index (χ3n) is 7.92. The van der Waals surface area contributed by atoms with E-state index in [1.165, 1.54) is 0 Å². The first kappa shape index (κ1) is 27.3. The molecule has 1 aliphatic carbocycles.